The Bertz CT molecular complexity index is 1260. The van der Waals surface area contributed by atoms with Gasteiger partial charge >= 0.3 is 0 Å². The number of aryl methyl sites for hydroxylation is 2. The number of anilines is 1. The van der Waals surface area contributed by atoms with Crippen molar-refractivity contribution in [1.29, 1.82) is 0 Å². The first-order chi connectivity index (χ1) is 14.4. The second-order valence-electron chi connectivity index (χ2n) is 7.12. The minimum Gasteiger partial charge on any atom is -0.419 e. The van der Waals surface area contributed by atoms with Crippen LogP contribution in [0.5, 0.6) is 0 Å². The van der Waals surface area contributed by atoms with Gasteiger partial charge in [-0.1, -0.05) is 66.2 Å². The first kappa shape index (κ1) is 19.9. The summed E-state index contributed by atoms with van der Waals surface area (Å²) in [4.78, 5) is 4.59. The van der Waals surface area contributed by atoms with Crippen LogP contribution in [0.2, 0.25) is 0 Å². The molecule has 0 unspecified atom stereocenters. The summed E-state index contributed by atoms with van der Waals surface area (Å²) in [5.41, 5.74) is 3.69. The monoisotopic (exact) mass is 418 g/mol. The summed E-state index contributed by atoms with van der Waals surface area (Å²) in [5.74, 6) is 0.409. The minimum absolute atomic E-state index is 0.111. The molecule has 5 nitrogen and oxygen atoms in total. The Hall–Kier alpha value is -3.38. The Kier molecular flexibility index (Phi) is 5.42. The van der Waals surface area contributed by atoms with E-state index >= 15 is 0 Å². The minimum atomic E-state index is -3.86. The van der Waals surface area contributed by atoms with Gasteiger partial charge in [-0.05, 0) is 43.2 Å². The van der Waals surface area contributed by atoms with Crippen molar-refractivity contribution in [3.63, 3.8) is 0 Å². The number of nitrogens with zero attached hydrogens (tertiary/aromatic N) is 1. The summed E-state index contributed by atoms with van der Waals surface area (Å²) in [7, 11) is -3.86. The molecule has 1 N–H and O–H groups in total. The van der Waals surface area contributed by atoms with Gasteiger partial charge in [0.05, 0.1) is 4.90 Å². The average molecular weight is 419 g/mol. The molecule has 0 saturated heterocycles. The maximum absolute atomic E-state index is 13.3. The van der Waals surface area contributed by atoms with Crippen LogP contribution in [0.1, 0.15) is 16.7 Å². The SMILES string of the molecule is Cc1ccc(S(=O)(=O)c2nc(-c3ccccc3C)oc2NCc2ccccc2)cc1. The van der Waals surface area contributed by atoms with Crippen molar-refractivity contribution in [3.05, 3.63) is 95.6 Å². The Morgan fingerprint density at radius 3 is 2.23 bits per heavy atom. The molecule has 0 spiro atoms. The second kappa shape index (κ2) is 8.16. The van der Waals surface area contributed by atoms with E-state index in [0.29, 0.717) is 6.54 Å². The standard InChI is InChI=1S/C24H22N2O3S/c1-17-12-14-20(15-13-17)30(27,28)24-23(25-16-19-9-4-3-5-10-19)29-22(26-24)21-11-7-6-8-18(21)2/h3-15,25H,16H2,1-2H3. The molecule has 0 aliphatic carbocycles. The van der Waals surface area contributed by atoms with Crippen molar-refractivity contribution < 1.29 is 12.8 Å². The quantitative estimate of drug-likeness (QED) is 0.454. The summed E-state index contributed by atoms with van der Waals surface area (Å²) in [6.45, 7) is 4.26. The number of benzene rings is 3. The van der Waals surface area contributed by atoms with Crippen LogP contribution < -0.4 is 5.32 Å². The van der Waals surface area contributed by atoms with Gasteiger partial charge in [-0.3, -0.25) is 0 Å². The Morgan fingerprint density at radius 1 is 0.867 bits per heavy atom. The van der Waals surface area contributed by atoms with E-state index in [0.717, 1.165) is 22.3 Å². The molecule has 0 aliphatic rings. The molecule has 0 aliphatic heterocycles. The Balaban J connectivity index is 1.79. The van der Waals surface area contributed by atoms with Gasteiger partial charge in [0.1, 0.15) is 0 Å². The molecule has 4 aromatic rings. The van der Waals surface area contributed by atoms with Crippen LogP contribution in [-0.2, 0) is 16.4 Å². The van der Waals surface area contributed by atoms with Crippen molar-refractivity contribution in [2.24, 2.45) is 0 Å². The predicted octanol–water partition coefficient (Wildman–Crippen LogP) is 5.40. The van der Waals surface area contributed by atoms with Gasteiger partial charge in [0, 0.05) is 12.1 Å². The molecule has 1 aromatic heterocycles. The molecule has 0 amide bonds. The summed E-state index contributed by atoms with van der Waals surface area (Å²) in [6, 6.07) is 24.0. The number of aromatic nitrogens is 1. The highest BCUT2D eigenvalue weighted by Gasteiger charge is 2.28. The fourth-order valence-electron chi connectivity index (χ4n) is 3.14. The molecule has 6 heteroatoms. The normalized spacial score (nSPS) is 11.4. The first-order valence-corrected chi connectivity index (χ1v) is 11.1. The van der Waals surface area contributed by atoms with Crippen LogP contribution >= 0.6 is 0 Å². The zero-order valence-corrected chi connectivity index (χ0v) is 17.6. The first-order valence-electron chi connectivity index (χ1n) is 9.61. The van der Waals surface area contributed by atoms with Crippen molar-refractivity contribution in [2.45, 2.75) is 30.3 Å². The van der Waals surface area contributed by atoms with Crippen molar-refractivity contribution in [1.82, 2.24) is 4.98 Å². The van der Waals surface area contributed by atoms with E-state index in [2.05, 4.69) is 10.3 Å². The third-order valence-electron chi connectivity index (χ3n) is 4.85. The van der Waals surface area contributed by atoms with Gasteiger partial charge in [0.2, 0.25) is 26.6 Å². The van der Waals surface area contributed by atoms with E-state index < -0.39 is 9.84 Å². The highest BCUT2D eigenvalue weighted by Crippen LogP contribution is 2.33. The molecular formula is C24H22N2O3S. The Labute approximate surface area is 176 Å². The van der Waals surface area contributed by atoms with Crippen LogP contribution in [0.15, 0.2) is 93.2 Å². The largest absolute Gasteiger partial charge is 0.419 e. The highest BCUT2D eigenvalue weighted by molar-refractivity contribution is 7.91. The lowest BCUT2D eigenvalue weighted by Gasteiger charge is -2.06. The van der Waals surface area contributed by atoms with Crippen LogP contribution in [-0.4, -0.2) is 13.4 Å². The van der Waals surface area contributed by atoms with E-state index in [1.807, 2.05) is 68.4 Å². The molecular weight excluding hydrogens is 396 g/mol. The van der Waals surface area contributed by atoms with E-state index in [4.69, 9.17) is 4.42 Å². The van der Waals surface area contributed by atoms with E-state index in [9.17, 15) is 8.42 Å². The van der Waals surface area contributed by atoms with Crippen molar-refractivity contribution >= 4 is 15.7 Å². The molecule has 0 saturated carbocycles. The number of hydrogen-bond donors (Lipinski definition) is 1. The van der Waals surface area contributed by atoms with Crippen LogP contribution in [0.3, 0.4) is 0 Å². The molecule has 3 aromatic carbocycles. The maximum atomic E-state index is 13.3. The highest BCUT2D eigenvalue weighted by atomic mass is 32.2. The molecule has 30 heavy (non-hydrogen) atoms. The molecule has 0 bridgehead atoms. The predicted molar refractivity (Wildman–Crippen MR) is 117 cm³/mol. The fourth-order valence-corrected chi connectivity index (χ4v) is 4.41. The molecule has 0 radical (unpaired) electrons. The van der Waals surface area contributed by atoms with Crippen LogP contribution in [0.25, 0.3) is 11.5 Å². The number of oxazole rings is 1. The molecule has 152 valence electrons. The second-order valence-corrected chi connectivity index (χ2v) is 8.99. The number of sulfone groups is 1. The van der Waals surface area contributed by atoms with Crippen LogP contribution in [0.4, 0.5) is 5.88 Å². The molecule has 4 rings (SSSR count). The summed E-state index contributed by atoms with van der Waals surface area (Å²) >= 11 is 0. The third kappa shape index (κ3) is 4.00. The lowest BCUT2D eigenvalue weighted by atomic mass is 10.1. The number of rotatable bonds is 6. The van der Waals surface area contributed by atoms with Gasteiger partial charge in [-0.2, -0.15) is 4.98 Å². The lowest BCUT2D eigenvalue weighted by Crippen LogP contribution is -2.07. The average Bonchev–Trinajstić information content (AvgIpc) is 3.18. The maximum Gasteiger partial charge on any atom is 0.234 e. The summed E-state index contributed by atoms with van der Waals surface area (Å²) in [6.07, 6.45) is 0. The molecule has 0 fully saturated rings. The van der Waals surface area contributed by atoms with Gasteiger partial charge in [0.15, 0.2) is 0 Å². The summed E-state index contributed by atoms with van der Waals surface area (Å²) in [5, 5.41) is 3.01. The lowest BCUT2D eigenvalue weighted by molar-refractivity contribution is 0.576. The van der Waals surface area contributed by atoms with Gasteiger partial charge in [-0.25, -0.2) is 8.42 Å². The number of nitrogens with one attached hydrogen (secondary N) is 1. The zero-order chi connectivity index (χ0) is 21.1. The van der Waals surface area contributed by atoms with Gasteiger partial charge in [-0.15, -0.1) is 0 Å². The topological polar surface area (TPSA) is 72.2 Å². The van der Waals surface area contributed by atoms with Crippen molar-refractivity contribution in [2.75, 3.05) is 5.32 Å². The summed E-state index contributed by atoms with van der Waals surface area (Å²) < 4.78 is 32.6. The molecule has 0 atom stereocenters. The van der Waals surface area contributed by atoms with Crippen molar-refractivity contribution in [3.8, 4) is 11.5 Å². The van der Waals surface area contributed by atoms with E-state index in [1.54, 1.807) is 24.3 Å². The third-order valence-corrected chi connectivity index (χ3v) is 6.53. The van der Waals surface area contributed by atoms with E-state index in [-0.39, 0.29) is 21.7 Å². The van der Waals surface area contributed by atoms with Gasteiger partial charge < -0.3 is 9.73 Å². The fraction of sp³-hybridized carbons (Fsp3) is 0.125. The Morgan fingerprint density at radius 2 is 1.53 bits per heavy atom. The number of hydrogen-bond acceptors (Lipinski definition) is 5. The smallest absolute Gasteiger partial charge is 0.234 e. The van der Waals surface area contributed by atoms with Gasteiger partial charge in [0.25, 0.3) is 0 Å². The molecule has 1 heterocycles. The van der Waals surface area contributed by atoms with Crippen LogP contribution in [0, 0.1) is 13.8 Å². The zero-order valence-electron chi connectivity index (χ0n) is 16.8. The van der Waals surface area contributed by atoms with E-state index in [1.165, 1.54) is 0 Å².